The first-order valence-corrected chi connectivity index (χ1v) is 6.56. The maximum absolute atomic E-state index is 11.9. The molecule has 0 aliphatic heterocycles. The van der Waals surface area contributed by atoms with E-state index in [1.165, 1.54) is 0 Å². The Morgan fingerprint density at radius 2 is 2.00 bits per heavy atom. The van der Waals surface area contributed by atoms with E-state index >= 15 is 0 Å². The van der Waals surface area contributed by atoms with Gasteiger partial charge in [-0.25, -0.2) is 0 Å². The van der Waals surface area contributed by atoms with Crippen LogP contribution in [0.3, 0.4) is 0 Å². The summed E-state index contributed by atoms with van der Waals surface area (Å²) in [6.45, 7) is 4.14. The van der Waals surface area contributed by atoms with Crippen LogP contribution in [0.5, 0.6) is 5.75 Å². The first-order valence-electron chi connectivity index (χ1n) is 6.56. The SMILES string of the molecule is Cc1ccc(O[C@@H](C)C(=O)NCc2ccccn2)cc1. The standard InChI is InChI=1S/C16H18N2O2/c1-12-6-8-15(9-7-12)20-13(2)16(19)18-11-14-5-3-4-10-17-14/h3-10,13H,11H2,1-2H3,(H,18,19)/t13-/m0/s1. The van der Waals surface area contributed by atoms with E-state index in [0.29, 0.717) is 12.3 Å². The van der Waals surface area contributed by atoms with Gasteiger partial charge in [0, 0.05) is 6.20 Å². The van der Waals surface area contributed by atoms with Crippen molar-refractivity contribution in [2.24, 2.45) is 0 Å². The maximum atomic E-state index is 11.9. The van der Waals surface area contributed by atoms with Gasteiger partial charge >= 0.3 is 0 Å². The summed E-state index contributed by atoms with van der Waals surface area (Å²) in [6.07, 6.45) is 1.16. The molecule has 2 rings (SSSR count). The average Bonchev–Trinajstić information content (AvgIpc) is 2.48. The molecule has 2 aromatic rings. The summed E-state index contributed by atoms with van der Waals surface area (Å²) in [5, 5.41) is 2.80. The lowest BCUT2D eigenvalue weighted by molar-refractivity contribution is -0.127. The number of nitrogens with zero attached hydrogens (tertiary/aromatic N) is 1. The number of hydrogen-bond acceptors (Lipinski definition) is 3. The van der Waals surface area contributed by atoms with Crippen LogP contribution in [-0.4, -0.2) is 17.0 Å². The number of rotatable bonds is 5. The Kier molecular flexibility index (Phi) is 4.71. The first-order chi connectivity index (χ1) is 9.65. The predicted molar refractivity (Wildman–Crippen MR) is 77.4 cm³/mol. The van der Waals surface area contributed by atoms with Crippen LogP contribution in [-0.2, 0) is 11.3 Å². The third kappa shape index (κ3) is 4.09. The van der Waals surface area contributed by atoms with E-state index in [9.17, 15) is 4.79 Å². The number of hydrogen-bond donors (Lipinski definition) is 1. The highest BCUT2D eigenvalue weighted by molar-refractivity contribution is 5.80. The van der Waals surface area contributed by atoms with Gasteiger partial charge in [-0.1, -0.05) is 23.8 Å². The number of benzene rings is 1. The number of nitrogens with one attached hydrogen (secondary N) is 1. The van der Waals surface area contributed by atoms with Gasteiger partial charge in [0.1, 0.15) is 5.75 Å². The second-order valence-corrected chi connectivity index (χ2v) is 4.61. The number of amides is 1. The maximum Gasteiger partial charge on any atom is 0.261 e. The smallest absolute Gasteiger partial charge is 0.261 e. The van der Waals surface area contributed by atoms with Crippen molar-refractivity contribution in [3.8, 4) is 5.75 Å². The molecule has 4 nitrogen and oxygen atoms in total. The quantitative estimate of drug-likeness (QED) is 0.908. The fourth-order valence-electron chi connectivity index (χ4n) is 1.70. The molecule has 0 saturated heterocycles. The van der Waals surface area contributed by atoms with Crippen molar-refractivity contribution in [1.82, 2.24) is 10.3 Å². The molecular weight excluding hydrogens is 252 g/mol. The normalized spacial score (nSPS) is 11.7. The van der Waals surface area contributed by atoms with Gasteiger partial charge in [-0.2, -0.15) is 0 Å². The molecule has 0 saturated carbocycles. The lowest BCUT2D eigenvalue weighted by atomic mass is 10.2. The van der Waals surface area contributed by atoms with Gasteiger partial charge in [0.05, 0.1) is 12.2 Å². The fourth-order valence-corrected chi connectivity index (χ4v) is 1.70. The molecule has 1 heterocycles. The minimum Gasteiger partial charge on any atom is -0.481 e. The van der Waals surface area contributed by atoms with Gasteiger partial charge in [-0.15, -0.1) is 0 Å². The molecule has 1 atom stereocenters. The van der Waals surface area contributed by atoms with Crippen molar-refractivity contribution in [2.45, 2.75) is 26.5 Å². The van der Waals surface area contributed by atoms with Crippen molar-refractivity contribution in [2.75, 3.05) is 0 Å². The van der Waals surface area contributed by atoms with Crippen LogP contribution in [0, 0.1) is 6.92 Å². The van der Waals surface area contributed by atoms with E-state index in [1.807, 2.05) is 49.4 Å². The summed E-state index contributed by atoms with van der Waals surface area (Å²) < 4.78 is 5.59. The Hall–Kier alpha value is -2.36. The molecule has 0 spiro atoms. The fraction of sp³-hybridized carbons (Fsp3) is 0.250. The number of aryl methyl sites for hydroxylation is 1. The van der Waals surface area contributed by atoms with Crippen molar-refractivity contribution in [1.29, 1.82) is 0 Å². The highest BCUT2D eigenvalue weighted by Crippen LogP contribution is 2.13. The third-order valence-electron chi connectivity index (χ3n) is 2.87. The Morgan fingerprint density at radius 3 is 2.65 bits per heavy atom. The summed E-state index contributed by atoms with van der Waals surface area (Å²) >= 11 is 0. The monoisotopic (exact) mass is 270 g/mol. The van der Waals surface area contributed by atoms with Crippen molar-refractivity contribution in [3.63, 3.8) is 0 Å². The van der Waals surface area contributed by atoms with Crippen molar-refractivity contribution < 1.29 is 9.53 Å². The lowest BCUT2D eigenvalue weighted by Crippen LogP contribution is -2.36. The molecule has 0 fully saturated rings. The largest absolute Gasteiger partial charge is 0.481 e. The highest BCUT2D eigenvalue weighted by atomic mass is 16.5. The molecular formula is C16H18N2O2. The summed E-state index contributed by atoms with van der Waals surface area (Å²) in [5.74, 6) is 0.535. The van der Waals surface area contributed by atoms with Crippen molar-refractivity contribution in [3.05, 3.63) is 59.9 Å². The van der Waals surface area contributed by atoms with E-state index in [-0.39, 0.29) is 5.91 Å². The van der Waals surface area contributed by atoms with Crippen LogP contribution in [0.15, 0.2) is 48.7 Å². The molecule has 1 N–H and O–H groups in total. The second-order valence-electron chi connectivity index (χ2n) is 4.61. The Morgan fingerprint density at radius 1 is 1.25 bits per heavy atom. The minimum absolute atomic E-state index is 0.156. The van der Waals surface area contributed by atoms with E-state index in [2.05, 4.69) is 10.3 Å². The van der Waals surface area contributed by atoms with Crippen LogP contribution in [0.2, 0.25) is 0 Å². The van der Waals surface area contributed by atoms with E-state index in [0.717, 1.165) is 11.3 Å². The third-order valence-corrected chi connectivity index (χ3v) is 2.87. The molecule has 1 amide bonds. The molecule has 0 bridgehead atoms. The second kappa shape index (κ2) is 6.70. The number of pyridine rings is 1. The van der Waals surface area contributed by atoms with Gasteiger partial charge in [0.2, 0.25) is 0 Å². The zero-order valence-electron chi connectivity index (χ0n) is 11.7. The molecule has 0 radical (unpaired) electrons. The lowest BCUT2D eigenvalue weighted by Gasteiger charge is -2.14. The summed E-state index contributed by atoms with van der Waals surface area (Å²) in [6, 6.07) is 13.2. The molecule has 104 valence electrons. The van der Waals surface area contributed by atoms with Gasteiger partial charge in [0.15, 0.2) is 6.10 Å². The van der Waals surface area contributed by atoms with Gasteiger partial charge in [-0.3, -0.25) is 9.78 Å². The van der Waals surface area contributed by atoms with Crippen molar-refractivity contribution >= 4 is 5.91 Å². The van der Waals surface area contributed by atoms with Crippen LogP contribution >= 0.6 is 0 Å². The molecule has 1 aromatic carbocycles. The number of carbonyl (C=O) groups excluding carboxylic acids is 1. The van der Waals surface area contributed by atoms with Crippen LogP contribution in [0.1, 0.15) is 18.2 Å². The van der Waals surface area contributed by atoms with Crippen LogP contribution in [0.25, 0.3) is 0 Å². The topological polar surface area (TPSA) is 51.2 Å². The predicted octanol–water partition coefficient (Wildman–Crippen LogP) is 2.47. The number of ether oxygens (including phenoxy) is 1. The van der Waals surface area contributed by atoms with E-state index in [1.54, 1.807) is 13.1 Å². The summed E-state index contributed by atoms with van der Waals surface area (Å²) in [5.41, 5.74) is 1.98. The molecule has 4 heteroatoms. The molecule has 1 aromatic heterocycles. The molecule has 0 unspecified atom stereocenters. The summed E-state index contributed by atoms with van der Waals surface area (Å²) in [7, 11) is 0. The van der Waals surface area contributed by atoms with Crippen LogP contribution in [0.4, 0.5) is 0 Å². The molecule has 0 aliphatic carbocycles. The van der Waals surface area contributed by atoms with E-state index < -0.39 is 6.10 Å². The number of carbonyl (C=O) groups is 1. The summed E-state index contributed by atoms with van der Waals surface area (Å²) in [4.78, 5) is 16.1. The number of aromatic nitrogens is 1. The minimum atomic E-state index is -0.540. The highest BCUT2D eigenvalue weighted by Gasteiger charge is 2.14. The average molecular weight is 270 g/mol. The Balaban J connectivity index is 1.84. The van der Waals surface area contributed by atoms with Gasteiger partial charge in [0.25, 0.3) is 5.91 Å². The first kappa shape index (κ1) is 14.1. The molecule has 0 aliphatic rings. The Bertz CT molecular complexity index is 552. The van der Waals surface area contributed by atoms with E-state index in [4.69, 9.17) is 4.74 Å². The van der Waals surface area contributed by atoms with Crippen LogP contribution < -0.4 is 10.1 Å². The van der Waals surface area contributed by atoms with Gasteiger partial charge < -0.3 is 10.1 Å². The molecule has 20 heavy (non-hydrogen) atoms. The zero-order valence-corrected chi connectivity index (χ0v) is 11.7. The Labute approximate surface area is 118 Å². The van der Waals surface area contributed by atoms with Gasteiger partial charge in [-0.05, 0) is 38.1 Å². The zero-order chi connectivity index (χ0) is 14.4.